The summed E-state index contributed by atoms with van der Waals surface area (Å²) < 4.78 is 0. The molecule has 3 heteroatoms. The predicted octanol–water partition coefficient (Wildman–Crippen LogP) is 3.63. The van der Waals surface area contributed by atoms with Crippen LogP contribution < -0.4 is 0 Å². The largest absolute Gasteiger partial charge is 0.481 e. The molecule has 3 rings (SSSR count). The van der Waals surface area contributed by atoms with E-state index in [1.807, 2.05) is 0 Å². The smallest absolute Gasteiger partial charge is 0.308 e. The van der Waals surface area contributed by atoms with Crippen molar-refractivity contribution in [3.63, 3.8) is 0 Å². The molecule has 0 aromatic rings. The molecule has 3 fully saturated rings. The van der Waals surface area contributed by atoms with E-state index in [-0.39, 0.29) is 12.0 Å². The number of likely N-dealkylation sites (tertiary alicyclic amines) is 1. The van der Waals surface area contributed by atoms with Crippen molar-refractivity contribution in [2.75, 3.05) is 13.1 Å². The van der Waals surface area contributed by atoms with E-state index in [2.05, 4.69) is 25.7 Å². The average Bonchev–Trinajstić information content (AvgIpc) is 2.97. The van der Waals surface area contributed by atoms with Gasteiger partial charge in [0.05, 0.1) is 5.92 Å². The van der Waals surface area contributed by atoms with Gasteiger partial charge in [-0.2, -0.15) is 0 Å². The van der Waals surface area contributed by atoms with Crippen molar-refractivity contribution >= 4 is 5.97 Å². The van der Waals surface area contributed by atoms with Crippen LogP contribution in [0.1, 0.15) is 59.3 Å². The number of aliphatic carboxylic acids is 1. The van der Waals surface area contributed by atoms with Crippen LogP contribution in [-0.4, -0.2) is 35.1 Å². The number of hydrogen-bond donors (Lipinski definition) is 1. The van der Waals surface area contributed by atoms with Gasteiger partial charge in [-0.3, -0.25) is 9.69 Å². The molecule has 2 saturated carbocycles. The van der Waals surface area contributed by atoms with Gasteiger partial charge in [0.2, 0.25) is 0 Å². The molecule has 0 bridgehead atoms. The number of fused-ring (bicyclic) bond motifs is 1. The maximum absolute atomic E-state index is 11.7. The highest BCUT2D eigenvalue weighted by atomic mass is 16.4. The van der Waals surface area contributed by atoms with Crippen LogP contribution in [0.3, 0.4) is 0 Å². The van der Waals surface area contributed by atoms with Gasteiger partial charge in [-0.05, 0) is 55.3 Å². The third-order valence-electron chi connectivity index (χ3n) is 6.58. The summed E-state index contributed by atoms with van der Waals surface area (Å²) in [6, 6.07) is 0.283. The molecule has 120 valence electrons. The molecule has 1 N–H and O–H groups in total. The molecule has 1 heterocycles. The summed E-state index contributed by atoms with van der Waals surface area (Å²) in [5, 5.41) is 9.63. The lowest BCUT2D eigenvalue weighted by atomic mass is 9.67. The first kappa shape index (κ1) is 15.3. The molecule has 2 aliphatic carbocycles. The van der Waals surface area contributed by atoms with E-state index >= 15 is 0 Å². The van der Waals surface area contributed by atoms with Crippen molar-refractivity contribution in [1.82, 2.24) is 4.90 Å². The number of carboxylic acid groups (broad SMARTS) is 1. The van der Waals surface area contributed by atoms with Crippen LogP contribution in [0.25, 0.3) is 0 Å². The van der Waals surface area contributed by atoms with Gasteiger partial charge in [0.15, 0.2) is 0 Å². The third kappa shape index (κ3) is 2.99. The molecule has 5 atom stereocenters. The van der Waals surface area contributed by atoms with Crippen LogP contribution in [0.5, 0.6) is 0 Å². The monoisotopic (exact) mass is 293 g/mol. The third-order valence-corrected chi connectivity index (χ3v) is 6.58. The Bertz CT molecular complexity index is 389. The number of rotatable bonds is 2. The molecule has 3 nitrogen and oxygen atoms in total. The molecule has 3 aliphatic rings. The predicted molar refractivity (Wildman–Crippen MR) is 84.1 cm³/mol. The van der Waals surface area contributed by atoms with Gasteiger partial charge < -0.3 is 5.11 Å². The van der Waals surface area contributed by atoms with E-state index in [1.165, 1.54) is 19.3 Å². The standard InChI is InChI=1S/C18H31NO2/c1-18(2,3)14-7-8-15(17(20)21)16(9-14)19-10-12-5-4-6-13(12)11-19/h12-16H,4-11H2,1-3H3,(H,20,21). The fourth-order valence-electron chi connectivity index (χ4n) is 5.17. The first-order chi connectivity index (χ1) is 9.86. The van der Waals surface area contributed by atoms with Gasteiger partial charge in [0.25, 0.3) is 0 Å². The second-order valence-electron chi connectivity index (χ2n) is 8.79. The second kappa shape index (κ2) is 5.57. The minimum absolute atomic E-state index is 0.137. The van der Waals surface area contributed by atoms with Crippen molar-refractivity contribution in [3.8, 4) is 0 Å². The van der Waals surface area contributed by atoms with E-state index in [4.69, 9.17) is 0 Å². The van der Waals surface area contributed by atoms with Crippen LogP contribution >= 0.6 is 0 Å². The highest BCUT2D eigenvalue weighted by Gasteiger charge is 2.46. The van der Waals surface area contributed by atoms with Gasteiger partial charge >= 0.3 is 5.97 Å². The van der Waals surface area contributed by atoms with E-state index < -0.39 is 5.97 Å². The quantitative estimate of drug-likeness (QED) is 0.845. The summed E-state index contributed by atoms with van der Waals surface area (Å²) in [6.45, 7) is 9.27. The summed E-state index contributed by atoms with van der Waals surface area (Å²) in [7, 11) is 0. The average molecular weight is 293 g/mol. The van der Waals surface area contributed by atoms with Gasteiger partial charge in [0, 0.05) is 19.1 Å². The van der Waals surface area contributed by atoms with Crippen LogP contribution in [0, 0.1) is 29.1 Å². The normalized spacial score (nSPS) is 41.2. The van der Waals surface area contributed by atoms with Crippen LogP contribution in [0.4, 0.5) is 0 Å². The minimum Gasteiger partial charge on any atom is -0.481 e. The second-order valence-corrected chi connectivity index (χ2v) is 8.79. The molecule has 21 heavy (non-hydrogen) atoms. The Morgan fingerprint density at radius 1 is 1.05 bits per heavy atom. The summed E-state index contributed by atoms with van der Waals surface area (Å²) in [4.78, 5) is 14.3. The Morgan fingerprint density at radius 2 is 1.67 bits per heavy atom. The molecule has 0 aromatic heterocycles. The number of carbonyl (C=O) groups is 1. The zero-order chi connectivity index (χ0) is 15.2. The van der Waals surface area contributed by atoms with E-state index in [0.717, 1.165) is 44.2 Å². The lowest BCUT2D eigenvalue weighted by molar-refractivity contribution is -0.146. The van der Waals surface area contributed by atoms with Crippen LogP contribution in [0.2, 0.25) is 0 Å². The number of hydrogen-bond acceptors (Lipinski definition) is 2. The zero-order valence-corrected chi connectivity index (χ0v) is 13.8. The van der Waals surface area contributed by atoms with Crippen molar-refractivity contribution in [1.29, 1.82) is 0 Å². The van der Waals surface area contributed by atoms with Crippen LogP contribution in [0.15, 0.2) is 0 Å². The molecule has 0 spiro atoms. The SMILES string of the molecule is CC(C)(C)C1CCC(C(=O)O)C(N2CC3CCCC3C2)C1. The van der Waals surface area contributed by atoms with Crippen LogP contribution in [-0.2, 0) is 4.79 Å². The lowest BCUT2D eigenvalue weighted by Gasteiger charge is -2.44. The highest BCUT2D eigenvalue weighted by molar-refractivity contribution is 5.71. The topological polar surface area (TPSA) is 40.5 Å². The van der Waals surface area contributed by atoms with Gasteiger partial charge in [-0.1, -0.05) is 27.2 Å². The van der Waals surface area contributed by atoms with E-state index in [0.29, 0.717) is 11.3 Å². The number of nitrogens with zero attached hydrogens (tertiary/aromatic N) is 1. The minimum atomic E-state index is -0.565. The molecule has 0 amide bonds. The highest BCUT2D eigenvalue weighted by Crippen LogP contribution is 2.45. The Morgan fingerprint density at radius 3 is 2.19 bits per heavy atom. The maximum atomic E-state index is 11.7. The maximum Gasteiger partial charge on any atom is 0.308 e. The zero-order valence-electron chi connectivity index (χ0n) is 13.8. The molecular weight excluding hydrogens is 262 g/mol. The van der Waals surface area contributed by atoms with Gasteiger partial charge in [-0.15, -0.1) is 0 Å². The Kier molecular flexibility index (Phi) is 4.06. The fourth-order valence-corrected chi connectivity index (χ4v) is 5.17. The number of carboxylic acids is 1. The van der Waals surface area contributed by atoms with E-state index in [9.17, 15) is 9.90 Å². The molecule has 0 radical (unpaired) electrons. The van der Waals surface area contributed by atoms with E-state index in [1.54, 1.807) is 0 Å². The first-order valence-electron chi connectivity index (χ1n) is 8.83. The van der Waals surface area contributed by atoms with Crippen molar-refractivity contribution in [3.05, 3.63) is 0 Å². The van der Waals surface area contributed by atoms with Gasteiger partial charge in [0.1, 0.15) is 0 Å². The molecule has 0 aromatic carbocycles. The van der Waals surface area contributed by atoms with Crippen molar-refractivity contribution in [2.45, 2.75) is 65.3 Å². The fraction of sp³-hybridized carbons (Fsp3) is 0.944. The molecular formula is C18H31NO2. The van der Waals surface area contributed by atoms with Crippen molar-refractivity contribution in [2.24, 2.45) is 29.1 Å². The Balaban J connectivity index is 1.73. The summed E-state index contributed by atoms with van der Waals surface area (Å²) in [5.74, 6) is 1.68. The molecule has 1 saturated heterocycles. The lowest BCUT2D eigenvalue weighted by Crippen LogP contribution is -2.48. The Labute approximate surface area is 129 Å². The molecule has 1 aliphatic heterocycles. The first-order valence-corrected chi connectivity index (χ1v) is 8.83. The summed E-state index contributed by atoms with van der Waals surface area (Å²) in [5.41, 5.74) is 0.303. The van der Waals surface area contributed by atoms with Gasteiger partial charge in [-0.25, -0.2) is 0 Å². The summed E-state index contributed by atoms with van der Waals surface area (Å²) in [6.07, 6.45) is 7.16. The Hall–Kier alpha value is -0.570. The van der Waals surface area contributed by atoms with Crippen molar-refractivity contribution < 1.29 is 9.90 Å². The summed E-state index contributed by atoms with van der Waals surface area (Å²) >= 11 is 0. The molecule has 5 unspecified atom stereocenters.